The SMILES string of the molecule is CCl.N[C@@H](CC1CCCCC1)C(=O)O. The highest BCUT2D eigenvalue weighted by atomic mass is 35.5. The lowest BCUT2D eigenvalue weighted by molar-refractivity contribution is -0.139. The number of carbonyl (C=O) groups is 1. The van der Waals surface area contributed by atoms with Gasteiger partial charge in [0.25, 0.3) is 0 Å². The van der Waals surface area contributed by atoms with Gasteiger partial charge in [0.05, 0.1) is 0 Å². The molecule has 1 saturated carbocycles. The van der Waals surface area contributed by atoms with Gasteiger partial charge in [0.2, 0.25) is 0 Å². The number of hydrogen-bond donors (Lipinski definition) is 2. The Hall–Kier alpha value is -0.280. The fraction of sp³-hybridized carbons (Fsp3) is 0.900. The number of aliphatic carboxylic acids is 1. The summed E-state index contributed by atoms with van der Waals surface area (Å²) in [7, 11) is 0. The number of rotatable bonds is 3. The van der Waals surface area contributed by atoms with Crippen LogP contribution in [0.4, 0.5) is 0 Å². The second-order valence-electron chi connectivity index (χ2n) is 3.68. The minimum absolute atomic E-state index is 0.560. The van der Waals surface area contributed by atoms with Crippen LogP contribution >= 0.6 is 11.6 Å². The van der Waals surface area contributed by atoms with Crippen molar-refractivity contribution in [2.24, 2.45) is 11.7 Å². The molecule has 0 saturated heterocycles. The molecule has 0 radical (unpaired) electrons. The Morgan fingerprint density at radius 3 is 2.36 bits per heavy atom. The molecule has 1 aliphatic rings. The molecule has 1 rings (SSSR count). The normalized spacial score (nSPS) is 19.4. The molecule has 14 heavy (non-hydrogen) atoms. The topological polar surface area (TPSA) is 63.3 Å². The largest absolute Gasteiger partial charge is 0.480 e. The van der Waals surface area contributed by atoms with Gasteiger partial charge in [-0.1, -0.05) is 32.1 Å². The van der Waals surface area contributed by atoms with E-state index in [2.05, 4.69) is 11.6 Å². The molecule has 84 valence electrons. The van der Waals surface area contributed by atoms with Gasteiger partial charge < -0.3 is 10.8 Å². The molecular weight excluding hydrogens is 202 g/mol. The van der Waals surface area contributed by atoms with Crippen molar-refractivity contribution in [3.8, 4) is 0 Å². The van der Waals surface area contributed by atoms with Crippen molar-refractivity contribution in [2.75, 3.05) is 6.38 Å². The van der Waals surface area contributed by atoms with Gasteiger partial charge in [-0.15, -0.1) is 11.6 Å². The Labute approximate surface area is 90.6 Å². The van der Waals surface area contributed by atoms with Crippen LogP contribution in [0.3, 0.4) is 0 Å². The first-order valence-corrected chi connectivity index (χ1v) is 5.82. The Bertz CT molecular complexity index is 158. The monoisotopic (exact) mass is 221 g/mol. The zero-order chi connectivity index (χ0) is 11.0. The standard InChI is InChI=1S/C9H17NO2.CH3Cl/c10-8(9(11)12)6-7-4-2-1-3-5-7;1-2/h7-8H,1-6,10H2,(H,11,12);1H3/t8-;/m0./s1. The van der Waals surface area contributed by atoms with E-state index in [0.29, 0.717) is 12.3 Å². The average Bonchev–Trinajstić information content (AvgIpc) is 2.22. The molecule has 0 bridgehead atoms. The molecule has 0 aromatic heterocycles. The minimum atomic E-state index is -0.861. The van der Waals surface area contributed by atoms with E-state index in [4.69, 9.17) is 10.8 Å². The summed E-state index contributed by atoms with van der Waals surface area (Å²) in [5, 5.41) is 8.59. The van der Waals surface area contributed by atoms with Gasteiger partial charge in [0.1, 0.15) is 6.04 Å². The highest BCUT2D eigenvalue weighted by Gasteiger charge is 2.20. The van der Waals surface area contributed by atoms with E-state index in [1.165, 1.54) is 38.5 Å². The third-order valence-electron chi connectivity index (χ3n) is 2.63. The summed E-state index contributed by atoms with van der Waals surface area (Å²) in [5.74, 6) is -0.301. The molecule has 3 N–H and O–H groups in total. The maximum absolute atomic E-state index is 10.4. The van der Waals surface area contributed by atoms with Crippen molar-refractivity contribution >= 4 is 17.6 Å². The maximum atomic E-state index is 10.4. The van der Waals surface area contributed by atoms with Crippen LogP contribution in [0.5, 0.6) is 0 Å². The van der Waals surface area contributed by atoms with E-state index in [1.807, 2.05) is 0 Å². The van der Waals surface area contributed by atoms with Crippen LogP contribution in [0, 0.1) is 5.92 Å². The highest BCUT2D eigenvalue weighted by molar-refractivity contribution is 6.15. The third-order valence-corrected chi connectivity index (χ3v) is 2.63. The zero-order valence-electron chi connectivity index (χ0n) is 8.71. The van der Waals surface area contributed by atoms with Crippen LogP contribution in [0.1, 0.15) is 38.5 Å². The van der Waals surface area contributed by atoms with E-state index in [1.54, 1.807) is 0 Å². The Kier molecular flexibility index (Phi) is 7.90. The minimum Gasteiger partial charge on any atom is -0.480 e. The van der Waals surface area contributed by atoms with Gasteiger partial charge in [0.15, 0.2) is 0 Å². The number of carboxylic acids is 1. The number of alkyl halides is 1. The first-order valence-electron chi connectivity index (χ1n) is 5.06. The quantitative estimate of drug-likeness (QED) is 0.719. The smallest absolute Gasteiger partial charge is 0.320 e. The third kappa shape index (κ3) is 5.45. The van der Waals surface area contributed by atoms with Crippen molar-refractivity contribution in [3.05, 3.63) is 0 Å². The summed E-state index contributed by atoms with van der Waals surface area (Å²) in [6, 6.07) is -0.645. The Balaban J connectivity index is 0.000000791. The molecule has 0 aromatic carbocycles. The molecule has 0 unspecified atom stereocenters. The molecule has 0 aromatic rings. The van der Waals surface area contributed by atoms with Crippen LogP contribution < -0.4 is 5.73 Å². The average molecular weight is 222 g/mol. The van der Waals surface area contributed by atoms with Crippen LogP contribution in [-0.2, 0) is 4.79 Å². The first kappa shape index (κ1) is 13.7. The molecule has 1 atom stereocenters. The number of hydrogen-bond acceptors (Lipinski definition) is 2. The highest BCUT2D eigenvalue weighted by Crippen LogP contribution is 2.26. The summed E-state index contributed by atoms with van der Waals surface area (Å²) in [4.78, 5) is 10.4. The van der Waals surface area contributed by atoms with Crippen molar-refractivity contribution in [3.63, 3.8) is 0 Å². The molecule has 1 fully saturated rings. The molecule has 1 aliphatic carbocycles. The first-order chi connectivity index (χ1) is 6.70. The van der Waals surface area contributed by atoms with Crippen molar-refractivity contribution < 1.29 is 9.90 Å². The molecule has 0 spiro atoms. The predicted molar refractivity (Wildman–Crippen MR) is 58.6 cm³/mol. The van der Waals surface area contributed by atoms with E-state index < -0.39 is 12.0 Å². The summed E-state index contributed by atoms with van der Waals surface area (Å²) in [6.45, 7) is 0. The molecule has 0 amide bonds. The Morgan fingerprint density at radius 1 is 1.43 bits per heavy atom. The fourth-order valence-electron chi connectivity index (χ4n) is 1.88. The zero-order valence-corrected chi connectivity index (χ0v) is 9.46. The molecule has 4 heteroatoms. The Morgan fingerprint density at radius 2 is 1.93 bits per heavy atom. The van der Waals surface area contributed by atoms with Crippen molar-refractivity contribution in [1.29, 1.82) is 0 Å². The van der Waals surface area contributed by atoms with E-state index >= 15 is 0 Å². The molecule has 0 aliphatic heterocycles. The summed E-state index contributed by atoms with van der Waals surface area (Å²) in [6.07, 6.45) is 8.27. The molecule has 0 heterocycles. The summed E-state index contributed by atoms with van der Waals surface area (Å²) >= 11 is 4.64. The van der Waals surface area contributed by atoms with Crippen molar-refractivity contribution in [2.45, 2.75) is 44.6 Å². The lowest BCUT2D eigenvalue weighted by atomic mass is 9.85. The summed E-state index contributed by atoms with van der Waals surface area (Å²) < 4.78 is 0. The van der Waals surface area contributed by atoms with Gasteiger partial charge in [-0.25, -0.2) is 0 Å². The van der Waals surface area contributed by atoms with Crippen LogP contribution in [0.15, 0.2) is 0 Å². The summed E-state index contributed by atoms with van der Waals surface area (Å²) in [5.41, 5.74) is 5.45. The lowest BCUT2D eigenvalue weighted by Crippen LogP contribution is -2.32. The van der Waals surface area contributed by atoms with Crippen LogP contribution in [0.2, 0.25) is 0 Å². The second kappa shape index (κ2) is 8.06. The number of carboxylic acid groups (broad SMARTS) is 1. The van der Waals surface area contributed by atoms with Gasteiger partial charge in [-0.3, -0.25) is 4.79 Å². The molecule has 3 nitrogen and oxygen atoms in total. The van der Waals surface area contributed by atoms with Crippen LogP contribution in [0.25, 0.3) is 0 Å². The van der Waals surface area contributed by atoms with Gasteiger partial charge in [-0.05, 0) is 12.3 Å². The second-order valence-corrected chi connectivity index (χ2v) is 3.68. The maximum Gasteiger partial charge on any atom is 0.320 e. The van der Waals surface area contributed by atoms with E-state index in [0.717, 1.165) is 0 Å². The van der Waals surface area contributed by atoms with Crippen LogP contribution in [-0.4, -0.2) is 23.5 Å². The van der Waals surface area contributed by atoms with Gasteiger partial charge in [-0.2, -0.15) is 0 Å². The lowest BCUT2D eigenvalue weighted by Gasteiger charge is -2.22. The number of nitrogens with two attached hydrogens (primary N) is 1. The van der Waals surface area contributed by atoms with Gasteiger partial charge >= 0.3 is 5.97 Å². The fourth-order valence-corrected chi connectivity index (χ4v) is 1.88. The molecular formula is C10H20ClNO2. The van der Waals surface area contributed by atoms with Gasteiger partial charge in [0, 0.05) is 6.38 Å². The van der Waals surface area contributed by atoms with Crippen molar-refractivity contribution in [1.82, 2.24) is 0 Å². The predicted octanol–water partition coefficient (Wildman–Crippen LogP) is 2.22. The number of halogens is 1. The van der Waals surface area contributed by atoms with E-state index in [-0.39, 0.29) is 0 Å². The van der Waals surface area contributed by atoms with E-state index in [9.17, 15) is 4.79 Å².